The van der Waals surface area contributed by atoms with E-state index in [9.17, 15) is 0 Å². The first kappa shape index (κ1) is 15.4. The molecule has 1 aromatic carbocycles. The van der Waals surface area contributed by atoms with Gasteiger partial charge in [0.1, 0.15) is 5.75 Å². The molecule has 1 unspecified atom stereocenters. The van der Waals surface area contributed by atoms with Gasteiger partial charge in [0.2, 0.25) is 0 Å². The quantitative estimate of drug-likeness (QED) is 0.903. The minimum Gasteiger partial charge on any atom is -0.496 e. The summed E-state index contributed by atoms with van der Waals surface area (Å²) in [5.41, 5.74) is 10.5. The molecule has 2 rings (SSSR count). The largest absolute Gasteiger partial charge is 0.496 e. The van der Waals surface area contributed by atoms with Crippen LogP contribution in [0.1, 0.15) is 64.2 Å². The van der Waals surface area contributed by atoms with Crippen LogP contribution in [0.25, 0.3) is 0 Å². The van der Waals surface area contributed by atoms with Crippen molar-refractivity contribution < 1.29 is 4.74 Å². The fourth-order valence-electron chi connectivity index (χ4n) is 3.14. The molecule has 0 spiro atoms. The van der Waals surface area contributed by atoms with E-state index in [2.05, 4.69) is 46.8 Å². The van der Waals surface area contributed by atoms with Gasteiger partial charge in [-0.05, 0) is 37.2 Å². The van der Waals surface area contributed by atoms with Crippen molar-refractivity contribution in [2.24, 2.45) is 5.73 Å². The van der Waals surface area contributed by atoms with Gasteiger partial charge in [0, 0.05) is 22.6 Å². The third-order valence-electron chi connectivity index (χ3n) is 4.77. The maximum Gasteiger partial charge on any atom is 0.126 e. The zero-order chi connectivity index (χ0) is 15.1. The molecule has 1 aliphatic rings. The van der Waals surface area contributed by atoms with Crippen molar-refractivity contribution in [1.29, 1.82) is 0 Å². The van der Waals surface area contributed by atoms with Crippen molar-refractivity contribution in [1.82, 2.24) is 0 Å². The van der Waals surface area contributed by atoms with Gasteiger partial charge in [-0.1, -0.05) is 39.8 Å². The van der Waals surface area contributed by atoms with E-state index in [-0.39, 0.29) is 16.9 Å². The normalized spacial score (nSPS) is 18.8. The molecule has 1 atom stereocenters. The van der Waals surface area contributed by atoms with Crippen LogP contribution in [0.3, 0.4) is 0 Å². The Bertz CT molecular complexity index is 493. The fourth-order valence-corrected chi connectivity index (χ4v) is 3.14. The number of hydrogen-bond acceptors (Lipinski definition) is 2. The second kappa shape index (κ2) is 5.07. The van der Waals surface area contributed by atoms with Crippen molar-refractivity contribution in [3.8, 4) is 5.75 Å². The molecule has 1 fully saturated rings. The van der Waals surface area contributed by atoms with Gasteiger partial charge in [-0.25, -0.2) is 0 Å². The summed E-state index contributed by atoms with van der Waals surface area (Å²) in [4.78, 5) is 0. The van der Waals surface area contributed by atoms with E-state index >= 15 is 0 Å². The van der Waals surface area contributed by atoms with Crippen molar-refractivity contribution in [3.05, 3.63) is 28.8 Å². The smallest absolute Gasteiger partial charge is 0.126 e. The summed E-state index contributed by atoms with van der Waals surface area (Å²) < 4.78 is 5.82. The van der Waals surface area contributed by atoms with Crippen molar-refractivity contribution >= 4 is 0 Å². The molecule has 20 heavy (non-hydrogen) atoms. The maximum absolute atomic E-state index is 6.28. The van der Waals surface area contributed by atoms with Gasteiger partial charge in [0.25, 0.3) is 0 Å². The molecule has 0 aromatic heterocycles. The van der Waals surface area contributed by atoms with Crippen LogP contribution in [0.15, 0.2) is 12.1 Å². The predicted octanol–water partition coefficient (Wildman–Crippen LogP) is 3.93. The van der Waals surface area contributed by atoms with Gasteiger partial charge in [-0.2, -0.15) is 0 Å². The Kier molecular flexibility index (Phi) is 3.90. The topological polar surface area (TPSA) is 35.2 Å². The predicted molar refractivity (Wildman–Crippen MR) is 85.6 cm³/mol. The molecular formula is C18H29NO. The van der Waals surface area contributed by atoms with Gasteiger partial charge in [-0.15, -0.1) is 0 Å². The number of nitrogens with two attached hydrogens (primary N) is 1. The Morgan fingerprint density at radius 1 is 1.30 bits per heavy atom. The summed E-state index contributed by atoms with van der Waals surface area (Å²) in [6.45, 7) is 11.1. The van der Waals surface area contributed by atoms with E-state index in [0.717, 1.165) is 12.2 Å². The Labute approximate surface area is 123 Å². The molecule has 1 saturated carbocycles. The molecule has 0 bridgehead atoms. The first-order valence-electron chi connectivity index (χ1n) is 7.73. The lowest BCUT2D eigenvalue weighted by molar-refractivity contribution is 0.382. The Morgan fingerprint density at radius 2 is 1.90 bits per heavy atom. The third-order valence-corrected chi connectivity index (χ3v) is 4.77. The van der Waals surface area contributed by atoms with Crippen LogP contribution >= 0.6 is 0 Å². The van der Waals surface area contributed by atoms with Crippen molar-refractivity contribution in [3.63, 3.8) is 0 Å². The summed E-state index contributed by atoms with van der Waals surface area (Å²) in [7, 11) is 1.79. The SMILES string of the molecule is CCc1cc(C(C)(C)C)c(OC)c(C2(C(C)N)CC2)c1. The summed E-state index contributed by atoms with van der Waals surface area (Å²) in [6, 6.07) is 4.81. The number of rotatable bonds is 4. The lowest BCUT2D eigenvalue weighted by Crippen LogP contribution is -2.32. The zero-order valence-electron chi connectivity index (χ0n) is 13.8. The second-order valence-corrected chi connectivity index (χ2v) is 7.27. The highest BCUT2D eigenvalue weighted by atomic mass is 16.5. The highest BCUT2D eigenvalue weighted by molar-refractivity contribution is 5.54. The molecule has 0 heterocycles. The van der Waals surface area contributed by atoms with Crippen molar-refractivity contribution in [2.45, 2.75) is 70.8 Å². The van der Waals surface area contributed by atoms with Crippen LogP contribution in [-0.2, 0) is 17.3 Å². The number of hydrogen-bond donors (Lipinski definition) is 1. The highest BCUT2D eigenvalue weighted by Crippen LogP contribution is 2.55. The van der Waals surface area contributed by atoms with E-state index in [4.69, 9.17) is 10.5 Å². The van der Waals surface area contributed by atoms with Crippen LogP contribution in [0.4, 0.5) is 0 Å². The van der Waals surface area contributed by atoms with Gasteiger partial charge < -0.3 is 10.5 Å². The average molecular weight is 275 g/mol. The first-order chi connectivity index (χ1) is 9.26. The Balaban J connectivity index is 2.67. The van der Waals surface area contributed by atoms with Crippen LogP contribution in [0.2, 0.25) is 0 Å². The van der Waals surface area contributed by atoms with Crippen LogP contribution < -0.4 is 10.5 Å². The molecule has 0 aliphatic heterocycles. The molecule has 2 N–H and O–H groups in total. The summed E-state index contributed by atoms with van der Waals surface area (Å²) in [5.74, 6) is 1.06. The molecule has 0 saturated heterocycles. The van der Waals surface area contributed by atoms with Crippen LogP contribution in [0, 0.1) is 0 Å². The molecule has 2 nitrogen and oxygen atoms in total. The molecule has 112 valence electrons. The minimum atomic E-state index is 0.0825. The van der Waals surface area contributed by atoms with Crippen LogP contribution in [-0.4, -0.2) is 13.2 Å². The lowest BCUT2D eigenvalue weighted by Gasteiger charge is -2.29. The fraction of sp³-hybridized carbons (Fsp3) is 0.667. The number of ether oxygens (including phenoxy) is 1. The van der Waals surface area contributed by atoms with E-state index in [0.29, 0.717) is 0 Å². The zero-order valence-corrected chi connectivity index (χ0v) is 13.8. The van der Waals surface area contributed by atoms with Crippen molar-refractivity contribution in [2.75, 3.05) is 7.11 Å². The monoisotopic (exact) mass is 275 g/mol. The Hall–Kier alpha value is -1.02. The summed E-state index contributed by atoms with van der Waals surface area (Å²) in [5, 5.41) is 0. The Morgan fingerprint density at radius 3 is 2.25 bits per heavy atom. The van der Waals surface area contributed by atoms with E-state index in [1.54, 1.807) is 7.11 Å². The van der Waals surface area contributed by atoms with E-state index in [1.807, 2.05) is 0 Å². The van der Waals surface area contributed by atoms with Gasteiger partial charge in [0.15, 0.2) is 0 Å². The first-order valence-corrected chi connectivity index (χ1v) is 7.73. The highest BCUT2D eigenvalue weighted by Gasteiger charge is 2.49. The average Bonchev–Trinajstić information content (AvgIpc) is 3.17. The van der Waals surface area contributed by atoms with Gasteiger partial charge in [-0.3, -0.25) is 0 Å². The summed E-state index contributed by atoms with van der Waals surface area (Å²) >= 11 is 0. The van der Waals surface area contributed by atoms with E-state index < -0.39 is 0 Å². The van der Waals surface area contributed by atoms with Gasteiger partial charge >= 0.3 is 0 Å². The number of benzene rings is 1. The molecular weight excluding hydrogens is 246 g/mol. The number of methoxy groups -OCH3 is 1. The molecule has 1 aliphatic carbocycles. The summed E-state index contributed by atoms with van der Waals surface area (Å²) in [6.07, 6.45) is 3.41. The number of aryl methyl sites for hydroxylation is 1. The molecule has 2 heteroatoms. The molecule has 0 radical (unpaired) electrons. The van der Waals surface area contributed by atoms with E-state index in [1.165, 1.54) is 29.5 Å². The lowest BCUT2D eigenvalue weighted by atomic mass is 9.79. The second-order valence-electron chi connectivity index (χ2n) is 7.27. The molecule has 1 aromatic rings. The van der Waals surface area contributed by atoms with Crippen LogP contribution in [0.5, 0.6) is 5.75 Å². The minimum absolute atomic E-state index is 0.0825. The maximum atomic E-state index is 6.28. The third kappa shape index (κ3) is 2.46. The molecule has 0 amide bonds. The van der Waals surface area contributed by atoms with Gasteiger partial charge in [0.05, 0.1) is 7.11 Å². The standard InChI is InChI=1S/C18H29NO/c1-7-13-10-14(17(3,4)5)16(20-6)15(11-13)18(8-9-18)12(2)19/h10-12H,7-9,19H2,1-6H3.